The number of rotatable bonds is 4. The molecule has 0 bridgehead atoms. The molecule has 106 valence electrons. The standard InChI is InChI=1S/C17H16N2O2/c1-21-16-8-5-14(6-9-16)7-10-17(20)19-13-11-15-4-2-3-12-18-15/h2-6,8-9,12H,11,13H2,1H3,(H,19,20). The molecular formula is C17H16N2O2. The zero-order chi connectivity index (χ0) is 14.9. The summed E-state index contributed by atoms with van der Waals surface area (Å²) in [5.74, 6) is 5.85. The van der Waals surface area contributed by atoms with Gasteiger partial charge in [-0.3, -0.25) is 9.78 Å². The van der Waals surface area contributed by atoms with Crippen molar-refractivity contribution in [2.24, 2.45) is 0 Å². The molecule has 2 aromatic rings. The molecule has 0 aliphatic carbocycles. The van der Waals surface area contributed by atoms with E-state index >= 15 is 0 Å². The fourth-order valence-electron chi connectivity index (χ4n) is 1.70. The molecule has 0 aliphatic rings. The molecule has 0 spiro atoms. The predicted molar refractivity (Wildman–Crippen MR) is 80.8 cm³/mol. The van der Waals surface area contributed by atoms with Crippen LogP contribution in [0.2, 0.25) is 0 Å². The number of aromatic nitrogens is 1. The fourth-order valence-corrected chi connectivity index (χ4v) is 1.70. The van der Waals surface area contributed by atoms with E-state index in [2.05, 4.69) is 22.1 Å². The first-order chi connectivity index (χ1) is 10.3. The summed E-state index contributed by atoms with van der Waals surface area (Å²) >= 11 is 0. The van der Waals surface area contributed by atoms with Crippen molar-refractivity contribution in [1.29, 1.82) is 0 Å². The maximum Gasteiger partial charge on any atom is 0.296 e. The number of carbonyl (C=O) groups excluding carboxylic acids is 1. The number of benzene rings is 1. The Morgan fingerprint density at radius 3 is 2.71 bits per heavy atom. The highest BCUT2D eigenvalue weighted by Gasteiger charge is 1.97. The smallest absolute Gasteiger partial charge is 0.296 e. The number of amides is 1. The lowest BCUT2D eigenvalue weighted by Crippen LogP contribution is -2.24. The van der Waals surface area contributed by atoms with E-state index < -0.39 is 0 Å². The third-order valence-corrected chi connectivity index (χ3v) is 2.80. The van der Waals surface area contributed by atoms with Gasteiger partial charge >= 0.3 is 0 Å². The second-order valence-electron chi connectivity index (χ2n) is 4.31. The molecule has 1 N–H and O–H groups in total. The fraction of sp³-hybridized carbons (Fsp3) is 0.176. The molecule has 0 atom stereocenters. The highest BCUT2D eigenvalue weighted by atomic mass is 16.5. The van der Waals surface area contributed by atoms with Crippen molar-refractivity contribution in [3.05, 3.63) is 59.9 Å². The van der Waals surface area contributed by atoms with E-state index in [9.17, 15) is 4.79 Å². The van der Waals surface area contributed by atoms with Gasteiger partial charge in [0, 0.05) is 36.3 Å². The molecular weight excluding hydrogens is 264 g/mol. The minimum atomic E-state index is -0.290. The van der Waals surface area contributed by atoms with Gasteiger partial charge in [0.1, 0.15) is 5.75 Å². The van der Waals surface area contributed by atoms with Crippen LogP contribution in [0, 0.1) is 11.8 Å². The molecule has 0 radical (unpaired) electrons. The Kier molecular flexibility index (Phi) is 5.36. The van der Waals surface area contributed by atoms with Crippen molar-refractivity contribution in [2.45, 2.75) is 6.42 Å². The first-order valence-electron chi connectivity index (χ1n) is 6.62. The van der Waals surface area contributed by atoms with Crippen molar-refractivity contribution in [1.82, 2.24) is 10.3 Å². The van der Waals surface area contributed by atoms with E-state index in [1.165, 1.54) is 0 Å². The van der Waals surface area contributed by atoms with Gasteiger partial charge in [-0.2, -0.15) is 0 Å². The molecule has 1 aromatic carbocycles. The number of carbonyl (C=O) groups is 1. The molecule has 0 unspecified atom stereocenters. The summed E-state index contributed by atoms with van der Waals surface area (Å²) < 4.78 is 5.06. The van der Waals surface area contributed by atoms with Crippen molar-refractivity contribution in [3.8, 4) is 17.6 Å². The summed E-state index contributed by atoms with van der Waals surface area (Å²) in [7, 11) is 1.61. The van der Waals surface area contributed by atoms with Gasteiger partial charge in [0.15, 0.2) is 0 Å². The molecule has 1 amide bonds. The third kappa shape index (κ3) is 5.00. The van der Waals surface area contributed by atoms with Crippen LogP contribution in [0.25, 0.3) is 0 Å². The van der Waals surface area contributed by atoms with Gasteiger partial charge in [-0.25, -0.2) is 0 Å². The van der Waals surface area contributed by atoms with Gasteiger partial charge in [0.25, 0.3) is 5.91 Å². The quantitative estimate of drug-likeness (QED) is 0.869. The molecule has 21 heavy (non-hydrogen) atoms. The van der Waals surface area contributed by atoms with Gasteiger partial charge in [0.2, 0.25) is 0 Å². The summed E-state index contributed by atoms with van der Waals surface area (Å²) in [6.45, 7) is 0.521. The molecule has 1 heterocycles. The zero-order valence-electron chi connectivity index (χ0n) is 11.8. The van der Waals surface area contributed by atoms with Gasteiger partial charge in [0.05, 0.1) is 7.11 Å². The maximum absolute atomic E-state index is 11.6. The van der Waals surface area contributed by atoms with Gasteiger partial charge in [-0.05, 0) is 36.4 Å². The SMILES string of the molecule is COc1ccc(C#CC(=O)NCCc2ccccn2)cc1. The monoisotopic (exact) mass is 280 g/mol. The normalized spacial score (nSPS) is 9.38. The Balaban J connectivity index is 1.80. The largest absolute Gasteiger partial charge is 0.497 e. The number of hydrogen-bond acceptors (Lipinski definition) is 3. The van der Waals surface area contributed by atoms with Crippen LogP contribution in [0.15, 0.2) is 48.7 Å². The summed E-state index contributed by atoms with van der Waals surface area (Å²) in [6, 6.07) is 13.0. The van der Waals surface area contributed by atoms with Crippen molar-refractivity contribution in [2.75, 3.05) is 13.7 Å². The average molecular weight is 280 g/mol. The molecule has 0 fully saturated rings. The molecule has 0 saturated carbocycles. The molecule has 4 heteroatoms. The lowest BCUT2D eigenvalue weighted by Gasteiger charge is -2.00. The number of methoxy groups -OCH3 is 1. The number of nitrogens with zero attached hydrogens (tertiary/aromatic N) is 1. The Bertz CT molecular complexity index is 640. The predicted octanol–water partition coefficient (Wildman–Crippen LogP) is 1.80. The van der Waals surface area contributed by atoms with E-state index in [1.807, 2.05) is 42.5 Å². The van der Waals surface area contributed by atoms with E-state index in [-0.39, 0.29) is 5.91 Å². The summed E-state index contributed by atoms with van der Waals surface area (Å²) in [5.41, 5.74) is 1.72. The molecule has 2 rings (SSSR count). The van der Waals surface area contributed by atoms with Crippen LogP contribution in [-0.2, 0) is 11.2 Å². The van der Waals surface area contributed by atoms with Crippen LogP contribution < -0.4 is 10.1 Å². The number of ether oxygens (including phenoxy) is 1. The minimum Gasteiger partial charge on any atom is -0.497 e. The van der Waals surface area contributed by atoms with Crippen LogP contribution in [0.5, 0.6) is 5.75 Å². The molecule has 1 aromatic heterocycles. The van der Waals surface area contributed by atoms with Gasteiger partial charge < -0.3 is 10.1 Å². The Labute approximate surface area is 124 Å². The Morgan fingerprint density at radius 2 is 2.05 bits per heavy atom. The molecule has 0 aliphatic heterocycles. The lowest BCUT2D eigenvalue weighted by atomic mass is 10.2. The third-order valence-electron chi connectivity index (χ3n) is 2.80. The van der Waals surface area contributed by atoms with E-state index in [4.69, 9.17) is 4.74 Å². The second kappa shape index (κ2) is 7.71. The van der Waals surface area contributed by atoms with Crippen LogP contribution in [0.1, 0.15) is 11.3 Å². The van der Waals surface area contributed by atoms with Crippen molar-refractivity contribution in [3.63, 3.8) is 0 Å². The van der Waals surface area contributed by atoms with Gasteiger partial charge in [-0.15, -0.1) is 0 Å². The van der Waals surface area contributed by atoms with Gasteiger partial charge in [-0.1, -0.05) is 12.0 Å². The Morgan fingerprint density at radius 1 is 1.24 bits per heavy atom. The zero-order valence-corrected chi connectivity index (χ0v) is 11.8. The van der Waals surface area contributed by atoms with Crippen molar-refractivity contribution < 1.29 is 9.53 Å². The van der Waals surface area contributed by atoms with Crippen LogP contribution >= 0.6 is 0 Å². The van der Waals surface area contributed by atoms with E-state index in [0.29, 0.717) is 13.0 Å². The average Bonchev–Trinajstić information content (AvgIpc) is 2.54. The minimum absolute atomic E-state index is 0.290. The summed E-state index contributed by atoms with van der Waals surface area (Å²) in [4.78, 5) is 15.8. The lowest BCUT2D eigenvalue weighted by molar-refractivity contribution is -0.115. The van der Waals surface area contributed by atoms with E-state index in [0.717, 1.165) is 17.0 Å². The number of hydrogen-bond donors (Lipinski definition) is 1. The number of pyridine rings is 1. The van der Waals surface area contributed by atoms with Crippen LogP contribution in [-0.4, -0.2) is 24.5 Å². The maximum atomic E-state index is 11.6. The highest BCUT2D eigenvalue weighted by Crippen LogP contribution is 2.09. The van der Waals surface area contributed by atoms with Crippen molar-refractivity contribution >= 4 is 5.91 Å². The van der Waals surface area contributed by atoms with E-state index in [1.54, 1.807) is 13.3 Å². The van der Waals surface area contributed by atoms with Crippen LogP contribution in [0.4, 0.5) is 0 Å². The molecule has 0 saturated heterocycles. The second-order valence-corrected chi connectivity index (χ2v) is 4.31. The Hall–Kier alpha value is -2.80. The first kappa shape index (κ1) is 14.6. The van der Waals surface area contributed by atoms with Crippen LogP contribution in [0.3, 0.4) is 0 Å². The highest BCUT2D eigenvalue weighted by molar-refractivity contribution is 5.94. The first-order valence-corrected chi connectivity index (χ1v) is 6.62. The summed E-state index contributed by atoms with van der Waals surface area (Å²) in [6.07, 6.45) is 2.43. The molecule has 4 nitrogen and oxygen atoms in total. The summed E-state index contributed by atoms with van der Waals surface area (Å²) in [5, 5.41) is 2.75. The topological polar surface area (TPSA) is 51.2 Å². The number of nitrogens with one attached hydrogen (secondary N) is 1.